The summed E-state index contributed by atoms with van der Waals surface area (Å²) in [5, 5.41) is 3.74. The standard InChI is InChI=1S/C19H32N2/c1-5-16-12-13-17(20-6-2)19(14-16)21(7-3)18-11-9-8-10-15(18)4/h8-11,16-17,19-20H,5-7,12-14H2,1-4H3. The molecule has 0 heterocycles. The first kappa shape index (κ1) is 16.4. The number of benzene rings is 1. The highest BCUT2D eigenvalue weighted by Gasteiger charge is 2.33. The second-order valence-electron chi connectivity index (χ2n) is 6.39. The number of hydrogen-bond acceptors (Lipinski definition) is 2. The number of hydrogen-bond donors (Lipinski definition) is 1. The molecule has 1 saturated carbocycles. The van der Waals surface area contributed by atoms with Gasteiger partial charge < -0.3 is 10.2 Å². The van der Waals surface area contributed by atoms with Crippen LogP contribution in [0.15, 0.2) is 24.3 Å². The van der Waals surface area contributed by atoms with Gasteiger partial charge in [0, 0.05) is 24.3 Å². The van der Waals surface area contributed by atoms with Gasteiger partial charge in [-0.15, -0.1) is 0 Å². The molecule has 0 bridgehead atoms. The van der Waals surface area contributed by atoms with E-state index in [1.165, 1.54) is 36.9 Å². The minimum Gasteiger partial charge on any atom is -0.367 e. The molecule has 1 aliphatic carbocycles. The maximum atomic E-state index is 3.74. The van der Waals surface area contributed by atoms with Crippen LogP contribution < -0.4 is 10.2 Å². The molecule has 1 aliphatic rings. The molecule has 1 aromatic rings. The van der Waals surface area contributed by atoms with Gasteiger partial charge >= 0.3 is 0 Å². The highest BCUT2D eigenvalue weighted by atomic mass is 15.2. The van der Waals surface area contributed by atoms with Crippen LogP contribution >= 0.6 is 0 Å². The van der Waals surface area contributed by atoms with Crippen LogP contribution in [0.5, 0.6) is 0 Å². The Balaban J connectivity index is 2.25. The summed E-state index contributed by atoms with van der Waals surface area (Å²) in [6.07, 6.45) is 5.35. The number of anilines is 1. The van der Waals surface area contributed by atoms with Crippen molar-refractivity contribution in [1.82, 2.24) is 5.32 Å². The predicted molar refractivity (Wildman–Crippen MR) is 93.1 cm³/mol. The second-order valence-corrected chi connectivity index (χ2v) is 6.39. The maximum absolute atomic E-state index is 3.74. The lowest BCUT2D eigenvalue weighted by Gasteiger charge is -2.44. The van der Waals surface area contributed by atoms with E-state index in [4.69, 9.17) is 0 Å². The van der Waals surface area contributed by atoms with Gasteiger partial charge in [-0.1, -0.05) is 38.5 Å². The second kappa shape index (κ2) is 7.84. The first-order valence-electron chi connectivity index (χ1n) is 8.76. The summed E-state index contributed by atoms with van der Waals surface area (Å²) >= 11 is 0. The molecule has 1 N–H and O–H groups in total. The zero-order chi connectivity index (χ0) is 15.2. The summed E-state index contributed by atoms with van der Waals surface area (Å²) in [5.41, 5.74) is 2.82. The number of para-hydroxylation sites is 1. The molecule has 21 heavy (non-hydrogen) atoms. The average molecular weight is 288 g/mol. The molecule has 3 atom stereocenters. The van der Waals surface area contributed by atoms with E-state index in [1.54, 1.807) is 0 Å². The molecule has 1 fully saturated rings. The van der Waals surface area contributed by atoms with Crippen molar-refractivity contribution in [2.45, 2.75) is 65.5 Å². The van der Waals surface area contributed by atoms with Gasteiger partial charge in [-0.25, -0.2) is 0 Å². The van der Waals surface area contributed by atoms with Crippen molar-refractivity contribution in [1.29, 1.82) is 0 Å². The van der Waals surface area contributed by atoms with Gasteiger partial charge in [-0.2, -0.15) is 0 Å². The lowest BCUT2D eigenvalue weighted by atomic mass is 9.80. The van der Waals surface area contributed by atoms with E-state index in [9.17, 15) is 0 Å². The Labute approximate surface area is 130 Å². The smallest absolute Gasteiger partial charge is 0.0445 e. The van der Waals surface area contributed by atoms with Gasteiger partial charge in [-0.05, 0) is 57.2 Å². The SMILES string of the molecule is CCNC1CCC(CC)CC1N(CC)c1ccccc1C. The molecule has 3 unspecified atom stereocenters. The Hall–Kier alpha value is -1.02. The number of likely N-dealkylation sites (N-methyl/N-ethyl adjacent to an activating group) is 2. The molecule has 0 saturated heterocycles. The van der Waals surface area contributed by atoms with Crippen molar-refractivity contribution >= 4 is 5.69 Å². The first-order chi connectivity index (χ1) is 10.2. The Bertz CT molecular complexity index is 429. The number of nitrogens with one attached hydrogen (secondary N) is 1. The molecule has 0 aliphatic heterocycles. The summed E-state index contributed by atoms with van der Waals surface area (Å²) in [6, 6.07) is 10.1. The van der Waals surface area contributed by atoms with Crippen LogP contribution in [-0.2, 0) is 0 Å². The van der Waals surface area contributed by atoms with Crippen molar-refractivity contribution in [3.05, 3.63) is 29.8 Å². The minimum absolute atomic E-state index is 0.634. The average Bonchev–Trinajstić information content (AvgIpc) is 2.51. The number of aryl methyl sites for hydroxylation is 1. The van der Waals surface area contributed by atoms with Gasteiger partial charge in [-0.3, -0.25) is 0 Å². The van der Waals surface area contributed by atoms with E-state index in [-0.39, 0.29) is 0 Å². The van der Waals surface area contributed by atoms with E-state index in [1.807, 2.05) is 0 Å². The van der Waals surface area contributed by atoms with Crippen LogP contribution in [0.3, 0.4) is 0 Å². The third-order valence-electron chi connectivity index (χ3n) is 5.13. The highest BCUT2D eigenvalue weighted by molar-refractivity contribution is 5.54. The fourth-order valence-corrected chi connectivity index (χ4v) is 3.92. The van der Waals surface area contributed by atoms with Gasteiger partial charge in [0.05, 0.1) is 0 Å². The van der Waals surface area contributed by atoms with Crippen molar-refractivity contribution in [2.75, 3.05) is 18.0 Å². The third-order valence-corrected chi connectivity index (χ3v) is 5.13. The Morgan fingerprint density at radius 1 is 1.14 bits per heavy atom. The van der Waals surface area contributed by atoms with E-state index >= 15 is 0 Å². The van der Waals surface area contributed by atoms with Crippen LogP contribution in [0.4, 0.5) is 5.69 Å². The van der Waals surface area contributed by atoms with E-state index in [0.29, 0.717) is 12.1 Å². The molecule has 118 valence electrons. The summed E-state index contributed by atoms with van der Waals surface area (Å²) in [5.74, 6) is 0.892. The van der Waals surface area contributed by atoms with Gasteiger partial charge in [0.25, 0.3) is 0 Å². The van der Waals surface area contributed by atoms with Crippen LogP contribution in [-0.4, -0.2) is 25.2 Å². The van der Waals surface area contributed by atoms with E-state index < -0.39 is 0 Å². The summed E-state index contributed by atoms with van der Waals surface area (Å²) in [4.78, 5) is 2.64. The van der Waals surface area contributed by atoms with Crippen LogP contribution in [0.1, 0.15) is 52.0 Å². The van der Waals surface area contributed by atoms with E-state index in [2.05, 4.69) is 62.2 Å². The molecule has 0 spiro atoms. The molecule has 0 aromatic heterocycles. The normalized spacial score (nSPS) is 25.8. The van der Waals surface area contributed by atoms with Crippen LogP contribution in [0.2, 0.25) is 0 Å². The quantitative estimate of drug-likeness (QED) is 0.836. The number of nitrogens with zero attached hydrogens (tertiary/aromatic N) is 1. The number of rotatable bonds is 6. The molecule has 1 aromatic carbocycles. The predicted octanol–water partition coefficient (Wildman–Crippen LogP) is 4.38. The fraction of sp³-hybridized carbons (Fsp3) is 0.684. The van der Waals surface area contributed by atoms with Crippen LogP contribution in [0.25, 0.3) is 0 Å². The molecule has 0 radical (unpaired) electrons. The fourth-order valence-electron chi connectivity index (χ4n) is 3.92. The lowest BCUT2D eigenvalue weighted by molar-refractivity contribution is 0.245. The summed E-state index contributed by atoms with van der Waals surface area (Å²) < 4.78 is 0. The molecular weight excluding hydrogens is 256 g/mol. The molecule has 2 heteroatoms. The van der Waals surface area contributed by atoms with Crippen molar-refractivity contribution in [3.63, 3.8) is 0 Å². The van der Waals surface area contributed by atoms with Gasteiger partial charge in [0.15, 0.2) is 0 Å². The lowest BCUT2D eigenvalue weighted by Crippen LogP contribution is -2.53. The van der Waals surface area contributed by atoms with Crippen molar-refractivity contribution in [2.24, 2.45) is 5.92 Å². The zero-order valence-corrected chi connectivity index (χ0v) is 14.2. The van der Waals surface area contributed by atoms with Crippen molar-refractivity contribution in [3.8, 4) is 0 Å². The molecule has 2 rings (SSSR count). The summed E-state index contributed by atoms with van der Waals surface area (Å²) in [7, 11) is 0. The summed E-state index contributed by atoms with van der Waals surface area (Å²) in [6.45, 7) is 11.3. The molecule has 0 amide bonds. The largest absolute Gasteiger partial charge is 0.367 e. The third kappa shape index (κ3) is 3.79. The minimum atomic E-state index is 0.634. The topological polar surface area (TPSA) is 15.3 Å². The Morgan fingerprint density at radius 2 is 1.90 bits per heavy atom. The van der Waals surface area contributed by atoms with Gasteiger partial charge in [0.1, 0.15) is 0 Å². The maximum Gasteiger partial charge on any atom is 0.0445 e. The molecular formula is C19H32N2. The first-order valence-corrected chi connectivity index (χ1v) is 8.76. The van der Waals surface area contributed by atoms with E-state index in [0.717, 1.165) is 19.0 Å². The van der Waals surface area contributed by atoms with Crippen molar-refractivity contribution < 1.29 is 0 Å². The monoisotopic (exact) mass is 288 g/mol. The molecule has 2 nitrogen and oxygen atoms in total. The zero-order valence-electron chi connectivity index (χ0n) is 14.2. The Kier molecular flexibility index (Phi) is 6.10. The highest BCUT2D eigenvalue weighted by Crippen LogP contribution is 2.33. The Morgan fingerprint density at radius 3 is 2.52 bits per heavy atom. The van der Waals surface area contributed by atoms with Crippen LogP contribution in [0, 0.1) is 12.8 Å². The van der Waals surface area contributed by atoms with Gasteiger partial charge in [0.2, 0.25) is 0 Å².